The Bertz CT molecular complexity index is 300. The lowest BCUT2D eigenvalue weighted by Crippen LogP contribution is -2.20. The molecule has 0 saturated carbocycles. The molecular weight excluding hydrogens is 194 g/mol. The first kappa shape index (κ1) is 9.98. The van der Waals surface area contributed by atoms with Crippen molar-refractivity contribution in [3.8, 4) is 0 Å². The summed E-state index contributed by atoms with van der Waals surface area (Å²) in [6.45, 7) is 3.74. The van der Waals surface area contributed by atoms with E-state index in [1.165, 1.54) is 11.0 Å². The van der Waals surface area contributed by atoms with Gasteiger partial charge in [0, 0.05) is 0 Å². The van der Waals surface area contributed by atoms with Gasteiger partial charge in [0.1, 0.15) is 12.4 Å². The second kappa shape index (κ2) is 4.23. The Hall–Kier alpha value is -1.10. The van der Waals surface area contributed by atoms with Crippen LogP contribution in [0.15, 0.2) is 6.33 Å². The van der Waals surface area contributed by atoms with Crippen molar-refractivity contribution >= 4 is 17.6 Å². The van der Waals surface area contributed by atoms with Crippen molar-refractivity contribution in [3.05, 3.63) is 11.6 Å². The molecule has 72 valence electrons. The fourth-order valence-electron chi connectivity index (χ4n) is 0.858. The number of ether oxygens (including phenoxy) is 1. The van der Waals surface area contributed by atoms with Crippen molar-refractivity contribution in [2.75, 3.05) is 6.61 Å². The molecule has 0 aromatic carbocycles. The number of carbonyl (C=O) groups is 1. The van der Waals surface area contributed by atoms with Crippen molar-refractivity contribution < 1.29 is 9.53 Å². The van der Waals surface area contributed by atoms with Crippen LogP contribution in [0, 0.1) is 0 Å². The number of aromatic nitrogens is 3. The topological polar surface area (TPSA) is 57.0 Å². The summed E-state index contributed by atoms with van der Waals surface area (Å²) in [5.41, 5.74) is 0. The van der Waals surface area contributed by atoms with Gasteiger partial charge in [-0.15, -0.1) is 0 Å². The molecule has 0 aliphatic rings. The van der Waals surface area contributed by atoms with E-state index in [2.05, 4.69) is 10.1 Å². The Morgan fingerprint density at radius 1 is 1.85 bits per heavy atom. The van der Waals surface area contributed by atoms with E-state index in [-0.39, 0.29) is 11.3 Å². The molecule has 0 fully saturated rings. The molecule has 0 amide bonds. The maximum atomic E-state index is 11.2. The summed E-state index contributed by atoms with van der Waals surface area (Å²) >= 11 is 5.66. The highest BCUT2D eigenvalue weighted by atomic mass is 35.5. The fourth-order valence-corrected chi connectivity index (χ4v) is 1.09. The number of rotatable bonds is 3. The van der Waals surface area contributed by atoms with Gasteiger partial charge in [-0.1, -0.05) is 0 Å². The first-order valence-electron chi connectivity index (χ1n) is 3.88. The molecule has 0 aliphatic heterocycles. The maximum Gasteiger partial charge on any atom is 0.330 e. The van der Waals surface area contributed by atoms with Gasteiger partial charge >= 0.3 is 5.97 Å². The second-order valence-electron chi connectivity index (χ2n) is 2.40. The first-order valence-corrected chi connectivity index (χ1v) is 4.26. The van der Waals surface area contributed by atoms with Crippen molar-refractivity contribution in [2.24, 2.45) is 0 Å². The van der Waals surface area contributed by atoms with Crippen LogP contribution in [0.3, 0.4) is 0 Å². The summed E-state index contributed by atoms with van der Waals surface area (Å²) in [5.74, 6) is -0.366. The van der Waals surface area contributed by atoms with E-state index in [1.54, 1.807) is 13.8 Å². The number of carbonyl (C=O) groups excluding carboxylic acids is 1. The minimum absolute atomic E-state index is 0.181. The Balaban J connectivity index is 2.73. The lowest BCUT2D eigenvalue weighted by Gasteiger charge is -2.10. The summed E-state index contributed by atoms with van der Waals surface area (Å²) in [5, 5.41) is 3.97. The van der Waals surface area contributed by atoms with Crippen LogP contribution >= 0.6 is 11.6 Å². The zero-order valence-electron chi connectivity index (χ0n) is 7.40. The quantitative estimate of drug-likeness (QED) is 0.690. The highest BCUT2D eigenvalue weighted by Gasteiger charge is 2.18. The molecule has 1 aromatic rings. The number of hydrogen-bond acceptors (Lipinski definition) is 4. The molecule has 13 heavy (non-hydrogen) atoms. The molecule has 1 atom stereocenters. The van der Waals surface area contributed by atoms with Crippen LogP contribution in [0.5, 0.6) is 0 Å². The molecule has 1 rings (SSSR count). The third-order valence-electron chi connectivity index (χ3n) is 1.52. The van der Waals surface area contributed by atoms with Crippen LogP contribution in [0.25, 0.3) is 0 Å². The van der Waals surface area contributed by atoms with Crippen LogP contribution in [-0.2, 0) is 9.53 Å². The monoisotopic (exact) mass is 203 g/mol. The summed E-state index contributed by atoms with van der Waals surface area (Å²) < 4.78 is 6.10. The van der Waals surface area contributed by atoms with Gasteiger partial charge in [-0.2, -0.15) is 5.10 Å². The highest BCUT2D eigenvalue weighted by molar-refractivity contribution is 6.28. The lowest BCUT2D eigenvalue weighted by molar-refractivity contribution is -0.146. The standard InChI is InChI=1S/C7H10ClN3O2/c1-3-13-6(12)5(2)11-7(8)9-4-10-11/h4-5H,3H2,1-2H3/t5-/m1/s1. The molecule has 6 heteroatoms. The Morgan fingerprint density at radius 2 is 2.54 bits per heavy atom. The highest BCUT2D eigenvalue weighted by Crippen LogP contribution is 2.12. The predicted molar refractivity (Wildman–Crippen MR) is 46.4 cm³/mol. The minimum atomic E-state index is -0.532. The molecule has 5 nitrogen and oxygen atoms in total. The Kier molecular flexibility index (Phi) is 3.25. The van der Waals surface area contributed by atoms with Gasteiger partial charge in [0.2, 0.25) is 5.28 Å². The van der Waals surface area contributed by atoms with Gasteiger partial charge in [0.05, 0.1) is 6.61 Å². The summed E-state index contributed by atoms with van der Waals surface area (Å²) in [6, 6.07) is -0.532. The van der Waals surface area contributed by atoms with Gasteiger partial charge in [-0.05, 0) is 25.4 Å². The van der Waals surface area contributed by atoms with Crippen LogP contribution < -0.4 is 0 Å². The molecule has 0 bridgehead atoms. The largest absolute Gasteiger partial charge is 0.464 e. The third-order valence-corrected chi connectivity index (χ3v) is 1.79. The zero-order chi connectivity index (χ0) is 9.84. The predicted octanol–water partition coefficient (Wildman–Crippen LogP) is 1.06. The van der Waals surface area contributed by atoms with Crippen molar-refractivity contribution in [1.29, 1.82) is 0 Å². The van der Waals surface area contributed by atoms with Crippen molar-refractivity contribution in [3.63, 3.8) is 0 Å². The van der Waals surface area contributed by atoms with Gasteiger partial charge in [-0.3, -0.25) is 0 Å². The van der Waals surface area contributed by atoms with E-state index < -0.39 is 6.04 Å². The number of halogens is 1. The molecule has 0 N–H and O–H groups in total. The SMILES string of the molecule is CCOC(=O)[C@@H](C)n1ncnc1Cl. The maximum absolute atomic E-state index is 11.2. The molecule has 1 heterocycles. The van der Waals surface area contributed by atoms with Crippen LogP contribution in [0.4, 0.5) is 0 Å². The minimum Gasteiger partial charge on any atom is -0.464 e. The average molecular weight is 204 g/mol. The molecule has 0 aliphatic carbocycles. The molecule has 0 saturated heterocycles. The number of esters is 1. The second-order valence-corrected chi connectivity index (χ2v) is 2.74. The first-order chi connectivity index (χ1) is 6.16. The lowest BCUT2D eigenvalue weighted by atomic mass is 10.3. The van der Waals surface area contributed by atoms with Gasteiger partial charge in [0.25, 0.3) is 0 Å². The Labute approximate surface area is 80.7 Å². The molecule has 0 unspecified atom stereocenters. The molecule has 0 spiro atoms. The van der Waals surface area contributed by atoms with E-state index in [0.717, 1.165) is 0 Å². The van der Waals surface area contributed by atoms with Crippen molar-refractivity contribution in [1.82, 2.24) is 14.8 Å². The summed E-state index contributed by atoms with van der Waals surface area (Å²) in [6.07, 6.45) is 1.29. The van der Waals surface area contributed by atoms with E-state index in [4.69, 9.17) is 16.3 Å². The fraction of sp³-hybridized carbons (Fsp3) is 0.571. The molecule has 0 radical (unpaired) electrons. The van der Waals surface area contributed by atoms with Gasteiger partial charge in [0.15, 0.2) is 0 Å². The van der Waals surface area contributed by atoms with E-state index in [9.17, 15) is 4.79 Å². The third kappa shape index (κ3) is 2.18. The number of hydrogen-bond donors (Lipinski definition) is 0. The van der Waals surface area contributed by atoms with Crippen molar-refractivity contribution in [2.45, 2.75) is 19.9 Å². The van der Waals surface area contributed by atoms with Gasteiger partial charge in [-0.25, -0.2) is 14.5 Å². The van der Waals surface area contributed by atoms with Gasteiger partial charge < -0.3 is 4.74 Å². The smallest absolute Gasteiger partial charge is 0.330 e. The van der Waals surface area contributed by atoms with Crippen LogP contribution in [0.1, 0.15) is 19.9 Å². The summed E-state index contributed by atoms with van der Waals surface area (Å²) in [4.78, 5) is 14.9. The molecule has 1 aromatic heterocycles. The normalized spacial score (nSPS) is 12.5. The number of nitrogens with zero attached hydrogens (tertiary/aromatic N) is 3. The average Bonchev–Trinajstić information content (AvgIpc) is 2.50. The zero-order valence-corrected chi connectivity index (χ0v) is 8.15. The van der Waals surface area contributed by atoms with E-state index in [0.29, 0.717) is 6.61 Å². The Morgan fingerprint density at radius 3 is 3.00 bits per heavy atom. The summed E-state index contributed by atoms with van der Waals surface area (Å²) in [7, 11) is 0. The van der Waals surface area contributed by atoms with E-state index >= 15 is 0 Å². The van der Waals surface area contributed by atoms with Crippen LogP contribution in [0.2, 0.25) is 5.28 Å². The van der Waals surface area contributed by atoms with Crippen LogP contribution in [-0.4, -0.2) is 27.3 Å². The molecular formula is C7H10ClN3O2. The van der Waals surface area contributed by atoms with E-state index in [1.807, 2.05) is 0 Å².